The van der Waals surface area contributed by atoms with E-state index in [0.717, 1.165) is 53.0 Å². The van der Waals surface area contributed by atoms with Gasteiger partial charge in [0.2, 0.25) is 11.8 Å². The topological polar surface area (TPSA) is 176 Å². The fraction of sp³-hybridized carbons (Fsp3) is 0.619. The van der Waals surface area contributed by atoms with Crippen molar-refractivity contribution in [3.8, 4) is 10.6 Å². The van der Waals surface area contributed by atoms with Gasteiger partial charge >= 0.3 is 17.8 Å². The molecule has 0 bridgehead atoms. The van der Waals surface area contributed by atoms with Crippen LogP contribution in [0.2, 0.25) is 0 Å². The van der Waals surface area contributed by atoms with Crippen LogP contribution in [0.15, 0.2) is 41.0 Å². The van der Waals surface area contributed by atoms with E-state index < -0.39 is 23.7 Å². The van der Waals surface area contributed by atoms with E-state index in [1.807, 2.05) is 45.9 Å². The highest BCUT2D eigenvalue weighted by molar-refractivity contribution is 7.13. The van der Waals surface area contributed by atoms with Gasteiger partial charge in [0.15, 0.2) is 0 Å². The maximum Gasteiger partial charge on any atom is 0.408 e. The molecule has 314 valence electrons. The van der Waals surface area contributed by atoms with Crippen molar-refractivity contribution in [1.82, 2.24) is 30.1 Å². The molecule has 1 aromatic carbocycles. The van der Waals surface area contributed by atoms with Gasteiger partial charge in [0, 0.05) is 36.5 Å². The summed E-state index contributed by atoms with van der Waals surface area (Å²) in [5, 5.41) is 16.4. The van der Waals surface area contributed by atoms with Crippen LogP contribution in [0.1, 0.15) is 132 Å². The van der Waals surface area contributed by atoms with Gasteiger partial charge in [-0.3, -0.25) is 19.0 Å². The molecule has 4 N–H and O–H groups in total. The summed E-state index contributed by atoms with van der Waals surface area (Å²) >= 11 is 1.66. The molecule has 56 heavy (non-hydrogen) atoms. The Morgan fingerprint density at radius 2 is 1.75 bits per heavy atom. The molecule has 1 saturated heterocycles. The van der Waals surface area contributed by atoms with E-state index in [9.17, 15) is 24.0 Å². The summed E-state index contributed by atoms with van der Waals surface area (Å²) in [6, 6.07) is 5.72. The number of nitrogens with zero attached hydrogens (tertiary/aromatic N) is 3. The van der Waals surface area contributed by atoms with Crippen molar-refractivity contribution in [3.63, 3.8) is 0 Å². The lowest BCUT2D eigenvalue weighted by Gasteiger charge is -2.24. The van der Waals surface area contributed by atoms with E-state index >= 15 is 0 Å². The van der Waals surface area contributed by atoms with E-state index in [4.69, 9.17) is 14.8 Å². The van der Waals surface area contributed by atoms with Gasteiger partial charge in [0.1, 0.15) is 23.2 Å². The van der Waals surface area contributed by atoms with Crippen LogP contribution in [0.25, 0.3) is 21.6 Å². The average Bonchev–Trinajstić information content (AvgIpc) is 3.42. The molecule has 5 rings (SSSR count). The molecule has 2 aliphatic rings. The SMILES string of the molecule is C=CC1CC1C(=O)O.CC.CCC.CCC(CC)c1csc(-c2cccc3c2[nH]c(=O)n3C(C)C)n1.CNC(=O)C1CCCN1C(=O)CNC(=O)OC(C)(C)C. The average molecular weight is 801 g/mol. The number of aromatic amines is 1. The molecule has 3 heterocycles. The Kier molecular flexibility index (Phi) is 21.4. The quantitative estimate of drug-likeness (QED) is 0.148. The molecule has 3 atom stereocenters. The number of benzene rings is 1. The summed E-state index contributed by atoms with van der Waals surface area (Å²) in [4.78, 5) is 66.8. The van der Waals surface area contributed by atoms with Crippen LogP contribution in [0.4, 0.5) is 4.79 Å². The number of para-hydroxylation sites is 1. The fourth-order valence-electron chi connectivity index (χ4n) is 5.97. The number of ether oxygens (including phenoxy) is 1. The highest BCUT2D eigenvalue weighted by atomic mass is 32.1. The molecule has 0 radical (unpaired) electrons. The Labute approximate surface area is 337 Å². The number of hydrogen-bond acceptors (Lipinski definition) is 8. The maximum absolute atomic E-state index is 12.3. The van der Waals surface area contributed by atoms with Crippen LogP contribution in [-0.2, 0) is 19.1 Å². The second-order valence-corrected chi connectivity index (χ2v) is 15.5. The third-order valence-corrected chi connectivity index (χ3v) is 9.68. The van der Waals surface area contributed by atoms with Crippen molar-refractivity contribution in [2.45, 2.75) is 138 Å². The first-order valence-electron chi connectivity index (χ1n) is 20.0. The van der Waals surface area contributed by atoms with Gasteiger partial charge in [-0.1, -0.05) is 60.1 Å². The molecule has 3 amide bonds. The number of imidazole rings is 1. The molecule has 2 fully saturated rings. The van der Waals surface area contributed by atoms with E-state index in [-0.39, 0.29) is 41.9 Å². The Morgan fingerprint density at radius 3 is 2.23 bits per heavy atom. The van der Waals surface area contributed by atoms with Gasteiger partial charge in [0.05, 0.1) is 22.6 Å². The molecule has 3 aromatic rings. The first kappa shape index (κ1) is 49.6. The van der Waals surface area contributed by atoms with Crippen molar-refractivity contribution in [1.29, 1.82) is 0 Å². The zero-order valence-corrected chi connectivity index (χ0v) is 36.6. The molecule has 2 aromatic heterocycles. The largest absolute Gasteiger partial charge is 0.481 e. The van der Waals surface area contributed by atoms with Crippen molar-refractivity contribution in [3.05, 3.63) is 52.4 Å². The lowest BCUT2D eigenvalue weighted by Crippen LogP contribution is -2.48. The van der Waals surface area contributed by atoms with Crippen LogP contribution >= 0.6 is 11.3 Å². The lowest BCUT2D eigenvalue weighted by atomic mass is 10.0. The van der Waals surface area contributed by atoms with Gasteiger partial charge < -0.3 is 30.4 Å². The molecule has 14 heteroatoms. The Hall–Kier alpha value is -4.46. The molecule has 3 unspecified atom stereocenters. The minimum absolute atomic E-state index is 0.0563. The smallest absolute Gasteiger partial charge is 0.408 e. The Balaban J connectivity index is 0.000000430. The van der Waals surface area contributed by atoms with Crippen LogP contribution < -0.4 is 16.3 Å². The summed E-state index contributed by atoms with van der Waals surface area (Å²) < 4.78 is 6.85. The van der Waals surface area contributed by atoms with Crippen molar-refractivity contribution >= 4 is 46.2 Å². The first-order chi connectivity index (χ1) is 26.5. The number of allylic oxidation sites excluding steroid dienone is 1. The lowest BCUT2D eigenvalue weighted by molar-refractivity contribution is -0.138. The number of aromatic nitrogens is 3. The summed E-state index contributed by atoms with van der Waals surface area (Å²) in [6.07, 6.45) is 6.75. The van der Waals surface area contributed by atoms with Crippen molar-refractivity contribution in [2.75, 3.05) is 20.1 Å². The van der Waals surface area contributed by atoms with Gasteiger partial charge in [-0.25, -0.2) is 14.6 Å². The molecule has 1 aliphatic carbocycles. The van der Waals surface area contributed by atoms with E-state index in [0.29, 0.717) is 18.9 Å². The number of carboxylic acids is 1. The zero-order chi connectivity index (χ0) is 42.7. The van der Waals surface area contributed by atoms with Gasteiger partial charge in [-0.15, -0.1) is 17.9 Å². The number of hydrogen-bond donors (Lipinski definition) is 4. The number of amides is 3. The maximum atomic E-state index is 12.3. The Morgan fingerprint density at radius 1 is 1.12 bits per heavy atom. The van der Waals surface area contributed by atoms with Gasteiger partial charge in [-0.2, -0.15) is 0 Å². The Bertz CT molecular complexity index is 1750. The molecule has 1 saturated carbocycles. The number of rotatable bonds is 10. The number of carbonyl (C=O) groups excluding carboxylic acids is 3. The highest BCUT2D eigenvalue weighted by Crippen LogP contribution is 2.39. The van der Waals surface area contributed by atoms with Crippen molar-refractivity contribution in [2.24, 2.45) is 11.8 Å². The third kappa shape index (κ3) is 14.9. The minimum Gasteiger partial charge on any atom is -0.481 e. The van der Waals surface area contributed by atoms with Crippen LogP contribution in [0.3, 0.4) is 0 Å². The summed E-state index contributed by atoms with van der Waals surface area (Å²) in [6.45, 7) is 25.8. The number of carbonyl (C=O) groups is 4. The second kappa shape index (κ2) is 24.2. The van der Waals surface area contributed by atoms with Crippen LogP contribution in [0, 0.1) is 11.8 Å². The van der Waals surface area contributed by atoms with E-state index in [2.05, 4.69) is 55.3 Å². The number of thiazole rings is 1. The van der Waals surface area contributed by atoms with Gasteiger partial charge in [-0.05, 0) is 84.8 Å². The number of aliphatic carboxylic acids is 1. The number of likely N-dealkylation sites (N-methyl/N-ethyl adjacent to an activating group) is 1. The predicted molar refractivity (Wildman–Crippen MR) is 227 cm³/mol. The highest BCUT2D eigenvalue weighted by Gasteiger charge is 2.40. The van der Waals surface area contributed by atoms with Crippen molar-refractivity contribution < 1.29 is 29.0 Å². The molecule has 13 nitrogen and oxygen atoms in total. The molecular formula is C42H68N6O7S. The predicted octanol–water partition coefficient (Wildman–Crippen LogP) is 8.52. The monoisotopic (exact) mass is 800 g/mol. The van der Waals surface area contributed by atoms with E-state index in [1.54, 1.807) is 49.8 Å². The standard InChI is InChI=1S/C18H23N3OS.C13H23N3O4.C6H8O2.C3H8.C2H6/c1-5-12(6-2)14-10-23-17(19-14)13-8-7-9-15-16(13)20-18(22)21(15)11(3)4;1-13(2,3)20-12(19)15-8-10(17)16-7-5-6-9(16)11(18)14-4;1-2-4-3-5(4)6(7)8;1-3-2;1-2/h7-12H,5-6H2,1-4H3,(H,20,22);9H,5-8H2,1-4H3,(H,14,18)(H,15,19);2,4-5H,1,3H2,(H,7,8);3H2,1-2H3;1-2H3. The number of nitrogens with one attached hydrogen (secondary N) is 3. The zero-order valence-electron chi connectivity index (χ0n) is 35.8. The normalized spacial score (nSPS) is 16.8. The number of fused-ring (bicyclic) bond motifs is 1. The summed E-state index contributed by atoms with van der Waals surface area (Å²) in [5.41, 5.74) is 3.35. The minimum atomic E-state index is -0.685. The number of carboxylic acid groups (broad SMARTS) is 1. The number of alkyl carbamates (subject to hydrolysis) is 1. The molecular weight excluding hydrogens is 733 g/mol. The summed E-state index contributed by atoms with van der Waals surface area (Å²) in [7, 11) is 1.54. The third-order valence-electron chi connectivity index (χ3n) is 8.79. The number of likely N-dealkylation sites (tertiary alicyclic amines) is 1. The fourth-order valence-corrected chi connectivity index (χ4v) is 6.90. The van der Waals surface area contributed by atoms with E-state index in [1.165, 1.54) is 11.3 Å². The first-order valence-corrected chi connectivity index (χ1v) is 20.9. The van der Waals surface area contributed by atoms with Crippen LogP contribution in [-0.4, -0.2) is 80.2 Å². The van der Waals surface area contributed by atoms with Gasteiger partial charge in [0.25, 0.3) is 0 Å². The summed E-state index contributed by atoms with van der Waals surface area (Å²) in [5.74, 6) is -0.483. The molecule has 1 aliphatic heterocycles. The number of H-pyrrole nitrogens is 1. The molecule has 0 spiro atoms. The second-order valence-electron chi connectivity index (χ2n) is 14.7. The van der Waals surface area contributed by atoms with Crippen LogP contribution in [0.5, 0.6) is 0 Å².